The molecular weight excluding hydrogens is 226 g/mol. The van der Waals surface area contributed by atoms with Gasteiger partial charge >= 0.3 is 0 Å². The zero-order chi connectivity index (χ0) is 12.7. The Morgan fingerprint density at radius 3 is 2.72 bits per heavy atom. The van der Waals surface area contributed by atoms with Crippen LogP contribution < -0.4 is 5.32 Å². The van der Waals surface area contributed by atoms with Crippen molar-refractivity contribution in [2.24, 2.45) is 5.41 Å². The first-order chi connectivity index (χ1) is 8.85. The van der Waals surface area contributed by atoms with Crippen LogP contribution in [0.15, 0.2) is 0 Å². The summed E-state index contributed by atoms with van der Waals surface area (Å²) in [6.07, 6.45) is 9.27. The summed E-state index contributed by atoms with van der Waals surface area (Å²) in [5.41, 5.74) is 0.472. The first-order valence-electron chi connectivity index (χ1n) is 7.75. The second-order valence-electron chi connectivity index (χ2n) is 5.96. The number of hydrogen-bond acceptors (Lipinski definition) is 3. The molecule has 0 aromatic carbocycles. The number of nitrogens with one attached hydrogen (secondary N) is 1. The standard InChI is InChI=1S/C15H29NO2/c1-2-9-16-13-15(7-11-17-12-8-15)6-5-14-4-3-10-18-14/h14,16H,2-13H2,1H3. The summed E-state index contributed by atoms with van der Waals surface area (Å²) < 4.78 is 11.3. The highest BCUT2D eigenvalue weighted by molar-refractivity contribution is 4.85. The van der Waals surface area contributed by atoms with E-state index in [1.165, 1.54) is 44.9 Å². The molecule has 0 amide bonds. The average molecular weight is 255 g/mol. The van der Waals surface area contributed by atoms with Crippen molar-refractivity contribution >= 4 is 0 Å². The monoisotopic (exact) mass is 255 g/mol. The number of rotatable bonds is 7. The van der Waals surface area contributed by atoms with E-state index in [1.54, 1.807) is 0 Å². The molecule has 18 heavy (non-hydrogen) atoms. The Bertz CT molecular complexity index is 221. The van der Waals surface area contributed by atoms with E-state index in [4.69, 9.17) is 9.47 Å². The van der Waals surface area contributed by atoms with Gasteiger partial charge in [-0.2, -0.15) is 0 Å². The van der Waals surface area contributed by atoms with Crippen molar-refractivity contribution in [3.63, 3.8) is 0 Å². The van der Waals surface area contributed by atoms with Crippen molar-refractivity contribution in [3.8, 4) is 0 Å². The minimum absolute atomic E-state index is 0.472. The van der Waals surface area contributed by atoms with Crippen LogP contribution in [0.4, 0.5) is 0 Å². The molecule has 0 radical (unpaired) electrons. The molecule has 2 fully saturated rings. The predicted molar refractivity (Wildman–Crippen MR) is 73.9 cm³/mol. The Morgan fingerprint density at radius 2 is 2.06 bits per heavy atom. The van der Waals surface area contributed by atoms with Gasteiger partial charge in [0.2, 0.25) is 0 Å². The summed E-state index contributed by atoms with van der Waals surface area (Å²) in [6.45, 7) is 7.41. The van der Waals surface area contributed by atoms with E-state index in [0.29, 0.717) is 11.5 Å². The minimum atomic E-state index is 0.472. The molecule has 1 N–H and O–H groups in total. The lowest BCUT2D eigenvalue weighted by molar-refractivity contribution is 0.000416. The van der Waals surface area contributed by atoms with Crippen LogP contribution in [0.2, 0.25) is 0 Å². The maximum atomic E-state index is 5.76. The third-order valence-corrected chi connectivity index (χ3v) is 4.50. The van der Waals surface area contributed by atoms with E-state index in [0.717, 1.165) is 32.9 Å². The predicted octanol–water partition coefficient (Wildman–Crippen LogP) is 2.74. The smallest absolute Gasteiger partial charge is 0.0576 e. The highest BCUT2D eigenvalue weighted by Gasteiger charge is 2.33. The van der Waals surface area contributed by atoms with Crippen molar-refractivity contribution in [2.75, 3.05) is 32.9 Å². The summed E-state index contributed by atoms with van der Waals surface area (Å²) in [7, 11) is 0. The molecule has 106 valence electrons. The van der Waals surface area contributed by atoms with Crippen LogP contribution in [0.25, 0.3) is 0 Å². The van der Waals surface area contributed by atoms with E-state index in [9.17, 15) is 0 Å². The van der Waals surface area contributed by atoms with Gasteiger partial charge in [-0.05, 0) is 56.9 Å². The zero-order valence-electron chi connectivity index (χ0n) is 11.9. The summed E-state index contributed by atoms with van der Waals surface area (Å²) in [5, 5.41) is 3.62. The van der Waals surface area contributed by atoms with Crippen molar-refractivity contribution < 1.29 is 9.47 Å². The van der Waals surface area contributed by atoms with E-state index in [1.807, 2.05) is 0 Å². The second-order valence-corrected chi connectivity index (χ2v) is 5.96. The molecule has 2 heterocycles. The molecule has 3 nitrogen and oxygen atoms in total. The summed E-state index contributed by atoms with van der Waals surface area (Å²) >= 11 is 0. The molecule has 1 unspecified atom stereocenters. The zero-order valence-corrected chi connectivity index (χ0v) is 11.9. The molecule has 2 saturated heterocycles. The minimum Gasteiger partial charge on any atom is -0.381 e. The largest absolute Gasteiger partial charge is 0.381 e. The summed E-state index contributed by atoms with van der Waals surface area (Å²) in [5.74, 6) is 0. The quantitative estimate of drug-likeness (QED) is 0.710. The van der Waals surface area contributed by atoms with Crippen molar-refractivity contribution in [1.82, 2.24) is 5.32 Å². The molecule has 0 spiro atoms. The Kier molecular flexibility index (Phi) is 5.93. The van der Waals surface area contributed by atoms with Gasteiger partial charge in [0, 0.05) is 26.4 Å². The van der Waals surface area contributed by atoms with E-state index < -0.39 is 0 Å². The van der Waals surface area contributed by atoms with Crippen LogP contribution >= 0.6 is 0 Å². The van der Waals surface area contributed by atoms with Gasteiger partial charge in [-0.3, -0.25) is 0 Å². The number of hydrogen-bond donors (Lipinski definition) is 1. The maximum Gasteiger partial charge on any atom is 0.0576 e. The van der Waals surface area contributed by atoms with Crippen LogP contribution in [-0.4, -0.2) is 39.0 Å². The topological polar surface area (TPSA) is 30.5 Å². The van der Waals surface area contributed by atoms with Crippen LogP contribution in [0, 0.1) is 5.41 Å². The summed E-state index contributed by atoms with van der Waals surface area (Å²) in [6, 6.07) is 0. The normalized spacial score (nSPS) is 27.5. The number of ether oxygens (including phenoxy) is 2. The van der Waals surface area contributed by atoms with Gasteiger partial charge in [0.15, 0.2) is 0 Å². The van der Waals surface area contributed by atoms with Crippen LogP contribution in [0.5, 0.6) is 0 Å². The van der Waals surface area contributed by atoms with Crippen LogP contribution in [0.1, 0.15) is 51.9 Å². The Hall–Kier alpha value is -0.120. The lowest BCUT2D eigenvalue weighted by Gasteiger charge is -2.38. The molecule has 0 aliphatic carbocycles. The van der Waals surface area contributed by atoms with Gasteiger partial charge in [0.1, 0.15) is 0 Å². The molecule has 1 atom stereocenters. The van der Waals surface area contributed by atoms with Gasteiger partial charge in [-0.25, -0.2) is 0 Å². The van der Waals surface area contributed by atoms with Crippen molar-refractivity contribution in [2.45, 2.75) is 58.0 Å². The highest BCUT2D eigenvalue weighted by atomic mass is 16.5. The van der Waals surface area contributed by atoms with Crippen LogP contribution in [-0.2, 0) is 9.47 Å². The molecule has 0 bridgehead atoms. The Balaban J connectivity index is 1.78. The van der Waals surface area contributed by atoms with E-state index >= 15 is 0 Å². The lowest BCUT2D eigenvalue weighted by Crippen LogP contribution is -2.40. The SMILES string of the molecule is CCCNCC1(CCC2CCCO2)CCOCC1. The second kappa shape index (κ2) is 7.46. The molecule has 0 aromatic heterocycles. The fraction of sp³-hybridized carbons (Fsp3) is 1.00. The molecule has 0 saturated carbocycles. The Morgan fingerprint density at radius 1 is 1.22 bits per heavy atom. The van der Waals surface area contributed by atoms with Gasteiger partial charge in [-0.1, -0.05) is 6.92 Å². The third-order valence-electron chi connectivity index (χ3n) is 4.50. The highest BCUT2D eigenvalue weighted by Crippen LogP contribution is 2.36. The van der Waals surface area contributed by atoms with Gasteiger partial charge in [0.05, 0.1) is 6.10 Å². The fourth-order valence-electron chi connectivity index (χ4n) is 3.19. The molecule has 2 aliphatic heterocycles. The van der Waals surface area contributed by atoms with Gasteiger partial charge < -0.3 is 14.8 Å². The van der Waals surface area contributed by atoms with E-state index in [-0.39, 0.29) is 0 Å². The van der Waals surface area contributed by atoms with Crippen LogP contribution in [0.3, 0.4) is 0 Å². The van der Waals surface area contributed by atoms with Gasteiger partial charge in [0.25, 0.3) is 0 Å². The van der Waals surface area contributed by atoms with Crippen molar-refractivity contribution in [1.29, 1.82) is 0 Å². The van der Waals surface area contributed by atoms with Gasteiger partial charge in [-0.15, -0.1) is 0 Å². The fourth-order valence-corrected chi connectivity index (χ4v) is 3.19. The van der Waals surface area contributed by atoms with Crippen molar-refractivity contribution in [3.05, 3.63) is 0 Å². The molecule has 3 heteroatoms. The first-order valence-corrected chi connectivity index (χ1v) is 7.75. The third kappa shape index (κ3) is 4.22. The van der Waals surface area contributed by atoms with E-state index in [2.05, 4.69) is 12.2 Å². The maximum absolute atomic E-state index is 5.76. The molecular formula is C15H29NO2. The molecule has 2 rings (SSSR count). The Labute approximate surface area is 112 Å². The molecule has 0 aromatic rings. The summed E-state index contributed by atoms with van der Waals surface area (Å²) in [4.78, 5) is 0. The lowest BCUT2D eigenvalue weighted by atomic mass is 9.75. The average Bonchev–Trinajstić information content (AvgIpc) is 2.91. The first kappa shape index (κ1) is 14.3. The molecule has 2 aliphatic rings.